The highest BCUT2D eigenvalue weighted by atomic mass is 32.2. The first-order chi connectivity index (χ1) is 28.5. The van der Waals surface area contributed by atoms with Crippen LogP contribution in [0, 0.1) is 13.8 Å². The maximum absolute atomic E-state index is 12.3. The number of nitrogen functional groups attached to an aromatic ring is 2. The molecule has 0 atom stereocenters. The zero-order valence-corrected chi connectivity index (χ0v) is 34.4. The van der Waals surface area contributed by atoms with Gasteiger partial charge in [-0.05, 0) is 61.4 Å². The number of hydrogen-bond donors (Lipinski definition) is 2. The lowest BCUT2D eigenvalue weighted by Crippen LogP contribution is -2.08. The molecule has 0 aliphatic carbocycles. The number of rotatable bonds is 18. The predicted octanol–water partition coefficient (Wildman–Crippen LogP) is 6.13. The van der Waals surface area contributed by atoms with Gasteiger partial charge in [0.15, 0.2) is 31.7 Å². The van der Waals surface area contributed by atoms with Gasteiger partial charge in [0.1, 0.15) is 13.2 Å². The van der Waals surface area contributed by atoms with Gasteiger partial charge in [-0.15, -0.1) is 40.9 Å². The van der Waals surface area contributed by atoms with E-state index in [1.807, 2.05) is 0 Å². The zero-order chi connectivity index (χ0) is 42.1. The van der Waals surface area contributed by atoms with Crippen LogP contribution in [0.3, 0.4) is 0 Å². The first kappa shape index (κ1) is 42.0. The molecule has 59 heavy (non-hydrogen) atoms. The summed E-state index contributed by atoms with van der Waals surface area (Å²) in [5.74, 6) is -0.884. The highest BCUT2D eigenvalue weighted by Crippen LogP contribution is 2.37. The number of nitrogens with zero attached hydrogens (tertiary/aromatic N) is 12. The Labute approximate surface area is 349 Å². The minimum absolute atomic E-state index is 0.0771. The topological polar surface area (TPSA) is 294 Å². The first-order valence-corrected chi connectivity index (χ1v) is 20.1. The minimum Gasteiger partial charge on any atom is -0.465 e. The van der Waals surface area contributed by atoms with Gasteiger partial charge in [0.25, 0.3) is 23.2 Å². The van der Waals surface area contributed by atoms with Crippen LogP contribution in [0.1, 0.15) is 43.2 Å². The maximum Gasteiger partial charge on any atom is 0.337 e. The number of nitrogens with two attached hydrogens (primary N) is 2. The molecule has 0 aliphatic heterocycles. The molecule has 6 rings (SSSR count). The molecule has 4 heterocycles. The van der Waals surface area contributed by atoms with E-state index in [1.165, 1.54) is 94.0 Å². The predicted molar refractivity (Wildman–Crippen MR) is 215 cm³/mol. The lowest BCUT2D eigenvalue weighted by atomic mass is 10.1. The summed E-state index contributed by atoms with van der Waals surface area (Å²) in [6.45, 7) is 3.86. The van der Waals surface area contributed by atoms with Crippen molar-refractivity contribution >= 4 is 104 Å². The van der Waals surface area contributed by atoms with Crippen molar-refractivity contribution in [3.63, 3.8) is 0 Å². The molecule has 0 radical (unpaired) electrons. The molecule has 6 aromatic rings. The van der Waals surface area contributed by atoms with E-state index in [4.69, 9.17) is 30.4 Å². The average molecular weight is 879 g/mol. The normalized spacial score (nSPS) is 11.3. The molecule has 0 aliphatic rings. The molecule has 304 valence electrons. The third kappa shape index (κ3) is 10.1. The summed E-state index contributed by atoms with van der Waals surface area (Å²) in [6.07, 6.45) is 0. The van der Waals surface area contributed by atoms with Gasteiger partial charge < -0.3 is 30.4 Å². The highest BCUT2D eigenvalue weighted by molar-refractivity contribution is 8.17. The molecule has 0 amide bonds. The van der Waals surface area contributed by atoms with Gasteiger partial charge in [-0.2, -0.15) is 10.2 Å². The van der Waals surface area contributed by atoms with Crippen LogP contribution in [-0.2, 0) is 41.8 Å². The Morgan fingerprint density at radius 2 is 1.10 bits per heavy atom. The standard InChI is InChI=1S/C33H30N14O8S4/c1-16-24(26(34)46(44-16)22-7-18(11-54-13-48)5-20(9-22)28(50)52-3)36-38-30-40-42-32(58-30)56-15-57-33-43-41-31(59-33)39-37-25-17(2)45-47(27(25)35)23-8-19(12-55-14-49)6-21(10-23)29(51)53-4/h5-10,13-14H,11-12,15,34-35H2,1-4H3. The summed E-state index contributed by atoms with van der Waals surface area (Å²) in [5, 5.41) is 43.5. The molecule has 0 saturated carbocycles. The van der Waals surface area contributed by atoms with E-state index in [1.54, 1.807) is 26.0 Å². The quantitative estimate of drug-likeness (QED) is 0.0245. The van der Waals surface area contributed by atoms with Gasteiger partial charge in [-0.1, -0.05) is 46.2 Å². The van der Waals surface area contributed by atoms with Crippen LogP contribution in [0.5, 0.6) is 0 Å². The summed E-state index contributed by atoms with van der Waals surface area (Å²) >= 11 is 5.25. The van der Waals surface area contributed by atoms with Crippen LogP contribution in [-0.4, -0.2) is 84.1 Å². The Morgan fingerprint density at radius 1 is 0.678 bits per heavy atom. The summed E-state index contributed by atoms with van der Waals surface area (Å²) in [6, 6.07) is 9.48. The van der Waals surface area contributed by atoms with Gasteiger partial charge in [-0.25, -0.2) is 19.0 Å². The number of thioether (sulfide) groups is 2. The van der Waals surface area contributed by atoms with Crippen LogP contribution in [0.4, 0.5) is 33.3 Å². The van der Waals surface area contributed by atoms with Crippen LogP contribution < -0.4 is 11.5 Å². The van der Waals surface area contributed by atoms with Crippen LogP contribution in [0.15, 0.2) is 65.5 Å². The highest BCUT2D eigenvalue weighted by Gasteiger charge is 2.19. The second kappa shape index (κ2) is 19.2. The number of benzene rings is 2. The summed E-state index contributed by atoms with van der Waals surface area (Å²) < 4.78 is 23.5. The smallest absolute Gasteiger partial charge is 0.337 e. The molecule has 0 fully saturated rings. The van der Waals surface area contributed by atoms with E-state index in [2.05, 4.69) is 51.0 Å². The van der Waals surface area contributed by atoms with Crippen molar-refractivity contribution in [2.75, 3.05) is 30.8 Å². The van der Waals surface area contributed by atoms with Gasteiger partial charge in [0.2, 0.25) is 0 Å². The fraction of sp³-hybridized carbons (Fsp3) is 0.212. The maximum atomic E-state index is 12.3. The Hall–Kier alpha value is -6.64. The number of methoxy groups -OCH3 is 2. The van der Waals surface area contributed by atoms with E-state index in [-0.39, 0.29) is 57.6 Å². The second-order valence-corrected chi connectivity index (χ2v) is 16.3. The number of aromatic nitrogens is 8. The minimum atomic E-state index is -0.591. The third-order valence-corrected chi connectivity index (χ3v) is 11.7. The molecular formula is C33H30N14O8S4. The van der Waals surface area contributed by atoms with E-state index in [9.17, 15) is 19.2 Å². The molecule has 0 spiro atoms. The Bertz CT molecular complexity index is 2410. The Morgan fingerprint density at radius 3 is 1.49 bits per heavy atom. The molecular weight excluding hydrogens is 849 g/mol. The third-order valence-electron chi connectivity index (χ3n) is 7.68. The average Bonchev–Trinajstić information content (AvgIpc) is 4.03. The summed E-state index contributed by atoms with van der Waals surface area (Å²) in [7, 11) is 2.51. The number of aryl methyl sites for hydroxylation is 2. The fourth-order valence-electron chi connectivity index (χ4n) is 5.12. The zero-order valence-electron chi connectivity index (χ0n) is 31.2. The van der Waals surface area contributed by atoms with Crippen molar-refractivity contribution in [3.05, 3.63) is 70.0 Å². The number of ether oxygens (including phenoxy) is 4. The molecule has 0 bridgehead atoms. The largest absolute Gasteiger partial charge is 0.465 e. The molecule has 22 nitrogen and oxygen atoms in total. The number of azo groups is 2. The van der Waals surface area contributed by atoms with Crippen molar-refractivity contribution in [3.8, 4) is 11.4 Å². The molecule has 2 aromatic carbocycles. The second-order valence-electron chi connectivity index (χ2n) is 11.5. The van der Waals surface area contributed by atoms with Gasteiger partial charge in [-0.3, -0.25) is 9.59 Å². The fourth-order valence-corrected chi connectivity index (χ4v) is 8.95. The Balaban J connectivity index is 1.07. The summed E-state index contributed by atoms with van der Waals surface area (Å²) in [4.78, 5) is 46.0. The van der Waals surface area contributed by atoms with Gasteiger partial charge in [0, 0.05) is 0 Å². The molecule has 4 aromatic heterocycles. The van der Waals surface area contributed by atoms with Crippen LogP contribution in [0.2, 0.25) is 0 Å². The monoisotopic (exact) mass is 878 g/mol. The first-order valence-electron chi connectivity index (χ1n) is 16.5. The molecule has 0 saturated heterocycles. The SMILES string of the molecule is COC(=O)c1cc(COC=O)cc(-n2nc(C)c(N=Nc3nnc(SCSc4nnc(N=Nc5c(C)nn(-c6cc(COC=O)cc(C(=O)OC)c6)c5N)s4)s3)c2N)c1. The number of carbonyl (C=O) groups is 4. The van der Waals surface area contributed by atoms with Crippen molar-refractivity contribution in [2.45, 2.75) is 35.7 Å². The number of anilines is 2. The lowest BCUT2D eigenvalue weighted by molar-refractivity contribution is -0.130. The number of esters is 2. The Kier molecular flexibility index (Phi) is 13.7. The van der Waals surface area contributed by atoms with Crippen molar-refractivity contribution in [1.82, 2.24) is 40.0 Å². The summed E-state index contributed by atoms with van der Waals surface area (Å²) in [5.41, 5.74) is 16.6. The van der Waals surface area contributed by atoms with Gasteiger partial charge >= 0.3 is 11.9 Å². The lowest BCUT2D eigenvalue weighted by Gasteiger charge is -2.09. The van der Waals surface area contributed by atoms with Crippen LogP contribution in [0.25, 0.3) is 11.4 Å². The van der Waals surface area contributed by atoms with Crippen LogP contribution >= 0.6 is 46.2 Å². The molecule has 26 heteroatoms. The van der Waals surface area contributed by atoms with Crippen molar-refractivity contribution < 1.29 is 38.1 Å². The van der Waals surface area contributed by atoms with E-state index >= 15 is 0 Å². The number of hydrogen-bond acceptors (Lipinski definition) is 24. The van der Waals surface area contributed by atoms with Gasteiger partial charge in [0.05, 0.1) is 53.2 Å². The van der Waals surface area contributed by atoms with E-state index in [0.717, 1.165) is 0 Å². The van der Waals surface area contributed by atoms with E-state index in [0.29, 0.717) is 60.6 Å². The molecule has 4 N–H and O–H groups in total. The molecule has 0 unspecified atom stereocenters. The van der Waals surface area contributed by atoms with Crippen molar-refractivity contribution in [2.24, 2.45) is 20.5 Å². The number of carbonyl (C=O) groups excluding carboxylic acids is 4. The van der Waals surface area contributed by atoms with E-state index < -0.39 is 11.9 Å². The van der Waals surface area contributed by atoms with Crippen molar-refractivity contribution in [1.29, 1.82) is 0 Å².